The smallest absolute Gasteiger partial charge is 0.261 e. The molecule has 0 spiro atoms. The number of hydrogen-bond acceptors (Lipinski definition) is 5. The molecule has 0 saturated carbocycles. The van der Waals surface area contributed by atoms with Crippen molar-refractivity contribution in [2.24, 2.45) is 0 Å². The Kier molecular flexibility index (Phi) is 6.60. The van der Waals surface area contributed by atoms with Crippen LogP contribution in [0.5, 0.6) is 5.75 Å². The summed E-state index contributed by atoms with van der Waals surface area (Å²) in [4.78, 5) is 43.8. The van der Waals surface area contributed by atoms with Gasteiger partial charge in [-0.15, -0.1) is 0 Å². The maximum atomic E-state index is 13.3. The number of ketones is 1. The molecule has 34 heavy (non-hydrogen) atoms. The second-order valence-corrected chi connectivity index (χ2v) is 8.10. The van der Waals surface area contributed by atoms with Gasteiger partial charge in [0, 0.05) is 29.3 Å². The van der Waals surface area contributed by atoms with Crippen molar-refractivity contribution in [1.29, 1.82) is 0 Å². The van der Waals surface area contributed by atoms with E-state index in [1.165, 1.54) is 12.1 Å². The Morgan fingerprint density at radius 1 is 1.21 bits per heavy atom. The summed E-state index contributed by atoms with van der Waals surface area (Å²) in [5.74, 6) is -2.61. The number of rotatable bonds is 7. The molecule has 3 aromatic rings. The van der Waals surface area contributed by atoms with Crippen molar-refractivity contribution < 1.29 is 27.9 Å². The first-order valence-electron chi connectivity index (χ1n) is 10.3. The minimum Gasteiger partial charge on any atom is -0.479 e. The largest absolute Gasteiger partial charge is 0.479 e. The van der Waals surface area contributed by atoms with Crippen molar-refractivity contribution in [3.05, 3.63) is 70.5 Å². The van der Waals surface area contributed by atoms with Gasteiger partial charge in [-0.25, -0.2) is 13.8 Å². The molecule has 4 rings (SSSR count). The zero-order valence-electron chi connectivity index (χ0n) is 17.7. The van der Waals surface area contributed by atoms with E-state index in [1.54, 1.807) is 6.07 Å². The quantitative estimate of drug-likeness (QED) is 0.442. The van der Waals surface area contributed by atoms with Crippen LogP contribution in [-0.2, 0) is 16.1 Å². The lowest BCUT2D eigenvalue weighted by Gasteiger charge is -2.24. The third-order valence-corrected chi connectivity index (χ3v) is 5.45. The number of fused-ring (bicyclic) bond motifs is 2. The van der Waals surface area contributed by atoms with Crippen LogP contribution in [0.15, 0.2) is 42.5 Å². The van der Waals surface area contributed by atoms with Crippen LogP contribution in [-0.4, -0.2) is 40.2 Å². The first-order valence-corrected chi connectivity index (χ1v) is 10.7. The van der Waals surface area contributed by atoms with E-state index in [4.69, 9.17) is 16.3 Å². The van der Waals surface area contributed by atoms with Crippen molar-refractivity contribution in [2.45, 2.75) is 25.5 Å². The minimum atomic E-state index is -1.01. The second-order valence-electron chi connectivity index (χ2n) is 7.67. The van der Waals surface area contributed by atoms with E-state index in [9.17, 15) is 23.2 Å². The van der Waals surface area contributed by atoms with Crippen LogP contribution in [0.25, 0.3) is 11.0 Å². The van der Waals surface area contributed by atoms with Crippen molar-refractivity contribution in [3.8, 4) is 5.75 Å². The highest BCUT2D eigenvalue weighted by molar-refractivity contribution is 6.31. The van der Waals surface area contributed by atoms with E-state index in [2.05, 4.69) is 27.2 Å². The van der Waals surface area contributed by atoms with Gasteiger partial charge in [0.1, 0.15) is 11.6 Å². The molecule has 8 nitrogen and oxygen atoms in total. The van der Waals surface area contributed by atoms with E-state index >= 15 is 0 Å². The first-order chi connectivity index (χ1) is 16.2. The number of benzene rings is 2. The van der Waals surface area contributed by atoms with E-state index in [0.717, 1.165) is 12.1 Å². The Hall–Kier alpha value is -3.79. The first kappa shape index (κ1) is 23.4. The molecule has 0 bridgehead atoms. The van der Waals surface area contributed by atoms with Crippen molar-refractivity contribution in [3.63, 3.8) is 0 Å². The van der Waals surface area contributed by atoms with Gasteiger partial charge < -0.3 is 20.4 Å². The number of halogens is 3. The third kappa shape index (κ3) is 5.07. The summed E-state index contributed by atoms with van der Waals surface area (Å²) in [6, 6.07) is 6.56. The summed E-state index contributed by atoms with van der Waals surface area (Å²) < 4.78 is 32.2. The molecule has 2 heterocycles. The molecule has 1 aromatic heterocycles. The molecule has 176 valence electrons. The van der Waals surface area contributed by atoms with Gasteiger partial charge in [0.25, 0.3) is 5.91 Å². The molecule has 0 radical (unpaired) electrons. The van der Waals surface area contributed by atoms with E-state index < -0.39 is 29.6 Å². The fraction of sp³-hybridized carbons (Fsp3) is 0.217. The van der Waals surface area contributed by atoms with Gasteiger partial charge in [-0.3, -0.25) is 14.4 Å². The number of hydrogen-bond donors (Lipinski definition) is 3. The normalized spacial score (nSPS) is 14.9. The van der Waals surface area contributed by atoms with Gasteiger partial charge in [0.05, 0.1) is 29.6 Å². The molecule has 1 aliphatic heterocycles. The Bertz CT molecular complexity index is 1280. The van der Waals surface area contributed by atoms with Crippen molar-refractivity contribution in [2.75, 3.05) is 6.54 Å². The Balaban J connectivity index is 1.24. The number of ether oxygens (including phenoxy) is 1. The lowest BCUT2D eigenvalue weighted by Crippen LogP contribution is -2.42. The summed E-state index contributed by atoms with van der Waals surface area (Å²) in [6.07, 6.45) is -0.946. The summed E-state index contributed by atoms with van der Waals surface area (Å²) >= 11 is 5.89. The molecular formula is C23H19ClF2N4O4. The maximum Gasteiger partial charge on any atom is 0.261 e. The van der Waals surface area contributed by atoms with Gasteiger partial charge in [-0.1, -0.05) is 18.2 Å². The monoisotopic (exact) mass is 488 g/mol. The van der Waals surface area contributed by atoms with Crippen molar-refractivity contribution >= 4 is 40.2 Å². The number of nitrogens with one attached hydrogen (secondary N) is 3. The Morgan fingerprint density at radius 2 is 1.97 bits per heavy atom. The fourth-order valence-corrected chi connectivity index (χ4v) is 3.61. The van der Waals surface area contributed by atoms with Crippen LogP contribution in [0.4, 0.5) is 8.78 Å². The lowest BCUT2D eigenvalue weighted by molar-refractivity contribution is -0.128. The molecule has 0 fully saturated rings. The molecule has 11 heteroatoms. The third-order valence-electron chi connectivity index (χ3n) is 5.21. The Labute approximate surface area is 197 Å². The number of aromatic amines is 1. The van der Waals surface area contributed by atoms with E-state index in [-0.39, 0.29) is 42.8 Å². The molecular weight excluding hydrogens is 470 g/mol. The highest BCUT2D eigenvalue weighted by Crippen LogP contribution is 2.30. The highest BCUT2D eigenvalue weighted by atomic mass is 35.5. The van der Waals surface area contributed by atoms with E-state index in [1.807, 2.05) is 0 Å². The van der Waals surface area contributed by atoms with Gasteiger partial charge in [-0.05, 0) is 24.6 Å². The number of carbonyl (C=O) groups excluding carboxylic acids is 3. The number of Topliss-reactive ketones (excluding diaryl/α,β-unsaturated/α-hetero) is 1. The van der Waals surface area contributed by atoms with Gasteiger partial charge in [0.2, 0.25) is 5.91 Å². The number of amides is 2. The van der Waals surface area contributed by atoms with Crippen LogP contribution in [0.2, 0.25) is 5.02 Å². The summed E-state index contributed by atoms with van der Waals surface area (Å²) in [5.41, 5.74) is 1.08. The van der Waals surface area contributed by atoms with Crippen LogP contribution in [0, 0.1) is 11.6 Å². The summed E-state index contributed by atoms with van der Waals surface area (Å²) in [5, 5.41) is 5.63. The number of nitrogens with zero attached hydrogens (tertiary/aromatic N) is 1. The fourth-order valence-electron chi connectivity index (χ4n) is 3.44. The minimum absolute atomic E-state index is 0.0103. The number of carbonyl (C=O) groups is 3. The van der Waals surface area contributed by atoms with E-state index in [0.29, 0.717) is 27.7 Å². The van der Waals surface area contributed by atoms with Crippen molar-refractivity contribution in [1.82, 2.24) is 20.6 Å². The van der Waals surface area contributed by atoms with Gasteiger partial charge in [-0.2, -0.15) is 0 Å². The number of imidazole rings is 1. The molecule has 0 unspecified atom stereocenters. The molecule has 2 aromatic carbocycles. The molecule has 1 atom stereocenters. The van der Waals surface area contributed by atoms with Crippen LogP contribution >= 0.6 is 11.6 Å². The predicted octanol–water partition coefficient (Wildman–Crippen LogP) is 3.21. The van der Waals surface area contributed by atoms with Gasteiger partial charge in [0.15, 0.2) is 23.5 Å². The molecule has 0 saturated heterocycles. The maximum absolute atomic E-state index is 13.3. The summed E-state index contributed by atoms with van der Waals surface area (Å²) in [6.45, 7) is 3.80. The Morgan fingerprint density at radius 3 is 2.76 bits per heavy atom. The van der Waals surface area contributed by atoms with Crippen LogP contribution in [0.3, 0.4) is 0 Å². The zero-order chi connectivity index (χ0) is 24.4. The lowest BCUT2D eigenvalue weighted by atomic mass is 10.0. The highest BCUT2D eigenvalue weighted by Gasteiger charge is 2.31. The number of aromatic nitrogens is 2. The topological polar surface area (TPSA) is 113 Å². The number of H-pyrrole nitrogens is 1. The molecule has 0 aliphatic carbocycles. The molecule has 2 amide bonds. The standard InChI is InChI=1S/C23H19ClF2N4O4/c1-11(22(32)28-10-21-29-16-7-14(25)15(26)8-17(16)30-21)4-5-27-23(33)20-9-18(31)13-6-12(24)2-3-19(13)34-20/h2-3,6-8,20H,1,4-5,9-10H2,(H,27,33)(H,28,32)(H,29,30)/t20-/m1/s1. The average Bonchev–Trinajstić information content (AvgIpc) is 3.19. The summed E-state index contributed by atoms with van der Waals surface area (Å²) in [7, 11) is 0. The van der Waals surface area contributed by atoms with Crippen LogP contribution in [0.1, 0.15) is 29.0 Å². The second kappa shape index (κ2) is 9.60. The molecule has 1 aliphatic rings. The average molecular weight is 489 g/mol. The van der Waals surface area contributed by atoms with Crippen LogP contribution < -0.4 is 15.4 Å². The SMILES string of the molecule is C=C(CCNC(=O)[C@H]1CC(=O)c2cc(Cl)ccc2O1)C(=O)NCc1nc2cc(F)c(F)cc2[nH]1. The zero-order valence-corrected chi connectivity index (χ0v) is 18.5. The predicted molar refractivity (Wildman–Crippen MR) is 119 cm³/mol. The molecule has 3 N–H and O–H groups in total. The van der Waals surface area contributed by atoms with Gasteiger partial charge >= 0.3 is 0 Å².